The third-order valence-corrected chi connectivity index (χ3v) is 5.13. The van der Waals surface area contributed by atoms with Gasteiger partial charge in [-0.2, -0.15) is 0 Å². The number of carbonyl (C=O) groups excluding carboxylic acids is 2. The summed E-state index contributed by atoms with van der Waals surface area (Å²) in [6.45, 7) is 4.23. The summed E-state index contributed by atoms with van der Waals surface area (Å²) in [5.74, 6) is -0.940. The number of hydrogen-bond acceptors (Lipinski definition) is 5. The Labute approximate surface area is 201 Å². The molecule has 0 aliphatic rings. The predicted octanol–water partition coefficient (Wildman–Crippen LogP) is 5.52. The van der Waals surface area contributed by atoms with Gasteiger partial charge in [-0.25, -0.2) is 4.79 Å². The van der Waals surface area contributed by atoms with Crippen molar-refractivity contribution in [3.63, 3.8) is 0 Å². The molecule has 3 aromatic rings. The molecule has 0 aromatic heterocycles. The van der Waals surface area contributed by atoms with Crippen molar-refractivity contribution in [3.05, 3.63) is 120 Å². The SMILES string of the molecule is C=CCCC(Cc1cccc(C(=O)OCc2ccccc2)c1)C(=O)OCc1ccccc1.CO. The van der Waals surface area contributed by atoms with E-state index in [1.54, 1.807) is 18.2 Å². The van der Waals surface area contributed by atoms with Gasteiger partial charge in [0, 0.05) is 7.11 Å². The molecule has 5 heteroatoms. The fourth-order valence-electron chi connectivity index (χ4n) is 3.39. The van der Waals surface area contributed by atoms with E-state index >= 15 is 0 Å². The molecular formula is C29H32O5. The van der Waals surface area contributed by atoms with Crippen LogP contribution < -0.4 is 0 Å². The molecule has 178 valence electrons. The molecule has 0 amide bonds. The Morgan fingerprint density at radius 1 is 0.824 bits per heavy atom. The highest BCUT2D eigenvalue weighted by atomic mass is 16.5. The molecule has 0 saturated carbocycles. The number of aliphatic hydroxyl groups excluding tert-OH is 1. The Bertz CT molecular complexity index is 1010. The standard InChI is InChI=1S/C28H28O4.CH4O/c1-2-3-16-25(27(29)31-20-22-11-6-4-7-12-22)18-24-15-10-17-26(19-24)28(30)32-21-23-13-8-5-9-14-23;1-2/h2,4-15,17,19,25H,1,3,16,18,20-21H2;2H,1H3. The highest BCUT2D eigenvalue weighted by Gasteiger charge is 2.21. The van der Waals surface area contributed by atoms with Crippen molar-refractivity contribution >= 4 is 11.9 Å². The van der Waals surface area contributed by atoms with Gasteiger partial charge in [0.1, 0.15) is 13.2 Å². The first-order chi connectivity index (χ1) is 16.7. The summed E-state index contributed by atoms with van der Waals surface area (Å²) in [6.07, 6.45) is 3.64. The minimum absolute atomic E-state index is 0.220. The molecule has 0 heterocycles. The van der Waals surface area contributed by atoms with Crippen LogP contribution in [0.2, 0.25) is 0 Å². The second kappa shape index (κ2) is 15.2. The zero-order chi connectivity index (χ0) is 24.6. The summed E-state index contributed by atoms with van der Waals surface area (Å²) >= 11 is 0. The molecule has 34 heavy (non-hydrogen) atoms. The molecule has 0 radical (unpaired) electrons. The third-order valence-electron chi connectivity index (χ3n) is 5.13. The molecule has 5 nitrogen and oxygen atoms in total. The topological polar surface area (TPSA) is 72.8 Å². The normalized spacial score (nSPS) is 10.9. The van der Waals surface area contributed by atoms with Gasteiger partial charge in [0.15, 0.2) is 0 Å². The molecule has 0 bridgehead atoms. The fraction of sp³-hybridized carbons (Fsp3) is 0.241. The fourth-order valence-corrected chi connectivity index (χ4v) is 3.39. The first kappa shape index (κ1) is 26.6. The number of esters is 2. The van der Waals surface area contributed by atoms with Crippen LogP contribution in [-0.2, 0) is 33.9 Å². The van der Waals surface area contributed by atoms with Gasteiger partial charge in [0.25, 0.3) is 0 Å². The third kappa shape index (κ3) is 9.04. The van der Waals surface area contributed by atoms with Crippen LogP contribution in [-0.4, -0.2) is 24.2 Å². The molecule has 0 spiro atoms. The zero-order valence-corrected chi connectivity index (χ0v) is 19.6. The van der Waals surface area contributed by atoms with E-state index in [2.05, 4.69) is 6.58 Å². The first-order valence-corrected chi connectivity index (χ1v) is 11.2. The van der Waals surface area contributed by atoms with E-state index in [1.807, 2.05) is 72.8 Å². The lowest BCUT2D eigenvalue weighted by atomic mass is 9.94. The number of rotatable bonds is 11. The first-order valence-electron chi connectivity index (χ1n) is 11.2. The maximum absolute atomic E-state index is 12.8. The lowest BCUT2D eigenvalue weighted by Gasteiger charge is -2.16. The molecule has 3 aromatic carbocycles. The van der Waals surface area contributed by atoms with Gasteiger partial charge in [-0.1, -0.05) is 78.9 Å². The number of benzene rings is 3. The second-order valence-electron chi connectivity index (χ2n) is 7.62. The van der Waals surface area contributed by atoms with Gasteiger partial charge in [-0.05, 0) is 48.1 Å². The summed E-state index contributed by atoms with van der Waals surface area (Å²) in [7, 11) is 1.00. The highest BCUT2D eigenvalue weighted by Crippen LogP contribution is 2.19. The minimum atomic E-state index is -0.384. The summed E-state index contributed by atoms with van der Waals surface area (Å²) in [5.41, 5.74) is 3.25. The monoisotopic (exact) mass is 460 g/mol. The Morgan fingerprint density at radius 3 is 1.97 bits per heavy atom. The second-order valence-corrected chi connectivity index (χ2v) is 7.62. The molecule has 3 rings (SSSR count). The number of carbonyl (C=O) groups is 2. The molecule has 1 atom stereocenters. The van der Waals surface area contributed by atoms with Crippen molar-refractivity contribution in [2.24, 2.45) is 5.92 Å². The quantitative estimate of drug-likeness (QED) is 0.301. The van der Waals surface area contributed by atoms with Gasteiger partial charge < -0.3 is 14.6 Å². The van der Waals surface area contributed by atoms with Crippen molar-refractivity contribution in [1.29, 1.82) is 0 Å². The van der Waals surface area contributed by atoms with E-state index in [0.29, 0.717) is 24.8 Å². The maximum atomic E-state index is 12.8. The van der Waals surface area contributed by atoms with E-state index in [9.17, 15) is 9.59 Å². The molecular weight excluding hydrogens is 428 g/mol. The number of ether oxygens (including phenoxy) is 2. The summed E-state index contributed by atoms with van der Waals surface area (Å²) in [4.78, 5) is 25.3. The Morgan fingerprint density at radius 2 is 1.38 bits per heavy atom. The molecule has 0 saturated heterocycles. The van der Waals surface area contributed by atoms with Gasteiger partial charge >= 0.3 is 11.9 Å². The van der Waals surface area contributed by atoms with Crippen LogP contribution >= 0.6 is 0 Å². The number of aliphatic hydroxyl groups is 1. The van der Waals surface area contributed by atoms with Crippen LogP contribution in [0.25, 0.3) is 0 Å². The zero-order valence-electron chi connectivity index (χ0n) is 19.6. The van der Waals surface area contributed by atoms with Crippen LogP contribution in [0.4, 0.5) is 0 Å². The van der Waals surface area contributed by atoms with E-state index in [0.717, 1.165) is 23.8 Å². The maximum Gasteiger partial charge on any atom is 0.338 e. The Balaban J connectivity index is 0.00000199. The van der Waals surface area contributed by atoms with E-state index in [1.165, 1.54) is 0 Å². The number of hydrogen-bond donors (Lipinski definition) is 1. The van der Waals surface area contributed by atoms with Crippen LogP contribution in [0.5, 0.6) is 0 Å². The van der Waals surface area contributed by atoms with Crippen molar-refractivity contribution in [1.82, 2.24) is 0 Å². The average molecular weight is 461 g/mol. The molecule has 1 N–H and O–H groups in total. The van der Waals surface area contributed by atoms with E-state index in [-0.39, 0.29) is 31.1 Å². The smallest absolute Gasteiger partial charge is 0.338 e. The lowest BCUT2D eigenvalue weighted by Crippen LogP contribution is -2.20. The largest absolute Gasteiger partial charge is 0.461 e. The van der Waals surface area contributed by atoms with Gasteiger partial charge in [0.2, 0.25) is 0 Å². The van der Waals surface area contributed by atoms with E-state index in [4.69, 9.17) is 14.6 Å². The Hall–Kier alpha value is -3.70. The van der Waals surface area contributed by atoms with Crippen molar-refractivity contribution < 1.29 is 24.2 Å². The Kier molecular flexibility index (Phi) is 11.9. The summed E-state index contributed by atoms with van der Waals surface area (Å²) in [6, 6.07) is 26.4. The van der Waals surface area contributed by atoms with Gasteiger partial charge in [-0.3, -0.25) is 4.79 Å². The van der Waals surface area contributed by atoms with Crippen LogP contribution in [0.3, 0.4) is 0 Å². The number of allylic oxidation sites excluding steroid dienone is 1. The summed E-state index contributed by atoms with van der Waals surface area (Å²) < 4.78 is 11.0. The molecule has 0 fully saturated rings. The van der Waals surface area contributed by atoms with Crippen molar-refractivity contribution in [3.8, 4) is 0 Å². The molecule has 1 unspecified atom stereocenters. The molecule has 0 aliphatic heterocycles. The van der Waals surface area contributed by atoms with Crippen molar-refractivity contribution in [2.45, 2.75) is 32.5 Å². The molecule has 0 aliphatic carbocycles. The van der Waals surface area contributed by atoms with Crippen LogP contribution in [0.15, 0.2) is 97.6 Å². The van der Waals surface area contributed by atoms with Gasteiger partial charge in [0.05, 0.1) is 11.5 Å². The lowest BCUT2D eigenvalue weighted by molar-refractivity contribution is -0.150. The van der Waals surface area contributed by atoms with Crippen molar-refractivity contribution in [2.75, 3.05) is 7.11 Å². The van der Waals surface area contributed by atoms with Crippen LogP contribution in [0.1, 0.15) is 39.9 Å². The van der Waals surface area contributed by atoms with Crippen LogP contribution in [0, 0.1) is 5.92 Å². The van der Waals surface area contributed by atoms with E-state index < -0.39 is 0 Å². The average Bonchev–Trinajstić information content (AvgIpc) is 2.90. The summed E-state index contributed by atoms with van der Waals surface area (Å²) in [5, 5.41) is 7.00. The highest BCUT2D eigenvalue weighted by molar-refractivity contribution is 5.89. The predicted molar refractivity (Wildman–Crippen MR) is 133 cm³/mol. The van der Waals surface area contributed by atoms with Gasteiger partial charge in [-0.15, -0.1) is 6.58 Å². The minimum Gasteiger partial charge on any atom is -0.461 e.